The second kappa shape index (κ2) is 5.81. The molecule has 0 atom stereocenters. The average molecular weight is 331 g/mol. The van der Waals surface area contributed by atoms with Crippen LogP contribution >= 0.6 is 0 Å². The predicted octanol–water partition coefficient (Wildman–Crippen LogP) is 1.60. The molecule has 0 saturated heterocycles. The molecule has 2 heterocycles. The highest BCUT2D eigenvalue weighted by atomic mass is 32.2. The highest BCUT2D eigenvalue weighted by Crippen LogP contribution is 2.17. The van der Waals surface area contributed by atoms with Crippen molar-refractivity contribution < 1.29 is 17.9 Å². The number of fused-ring (bicyclic) bond motifs is 1. The van der Waals surface area contributed by atoms with Crippen molar-refractivity contribution in [1.29, 1.82) is 0 Å². The quantitative estimate of drug-likeness (QED) is 0.674. The zero-order valence-electron chi connectivity index (χ0n) is 12.2. The lowest BCUT2D eigenvalue weighted by Gasteiger charge is -2.07. The first kappa shape index (κ1) is 15.2. The fraction of sp³-hybridized carbons (Fsp3) is 0.133. The molecule has 0 aliphatic carbocycles. The number of benzene rings is 1. The molecule has 0 saturated carbocycles. The monoisotopic (exact) mass is 331 g/mol. The van der Waals surface area contributed by atoms with Crippen LogP contribution < -0.4 is 0 Å². The van der Waals surface area contributed by atoms with Gasteiger partial charge in [0.1, 0.15) is 5.52 Å². The van der Waals surface area contributed by atoms with Crippen LogP contribution in [-0.2, 0) is 20.5 Å². The first-order valence-corrected chi connectivity index (χ1v) is 8.32. The van der Waals surface area contributed by atoms with E-state index in [-0.39, 0.29) is 17.1 Å². The number of hydrogen-bond donors (Lipinski definition) is 0. The molecule has 1 aromatic carbocycles. The van der Waals surface area contributed by atoms with Gasteiger partial charge in [-0.1, -0.05) is 30.3 Å². The smallest absolute Gasteiger partial charge is 0.358 e. The van der Waals surface area contributed by atoms with Gasteiger partial charge in [-0.3, -0.25) is 0 Å². The minimum Gasteiger partial charge on any atom is -0.464 e. The third-order valence-electron chi connectivity index (χ3n) is 3.24. The van der Waals surface area contributed by atoms with E-state index >= 15 is 0 Å². The van der Waals surface area contributed by atoms with E-state index in [1.807, 2.05) is 6.07 Å². The van der Waals surface area contributed by atoms with Crippen molar-refractivity contribution in [3.8, 4) is 0 Å². The SMILES string of the molecule is COC(=O)c1cnc2c(ccn2S(=O)(=O)Cc2ccccc2)n1. The summed E-state index contributed by atoms with van der Waals surface area (Å²) < 4.78 is 30.8. The molecule has 0 amide bonds. The standard InChI is InChI=1S/C15H13N3O4S/c1-22-15(19)13-9-16-14-12(17-13)7-8-18(14)23(20,21)10-11-5-3-2-4-6-11/h2-9H,10H2,1H3. The van der Waals surface area contributed by atoms with Gasteiger partial charge in [0.2, 0.25) is 10.0 Å². The Kier molecular flexibility index (Phi) is 3.83. The summed E-state index contributed by atoms with van der Waals surface area (Å²) in [6, 6.07) is 10.4. The largest absolute Gasteiger partial charge is 0.464 e. The van der Waals surface area contributed by atoms with E-state index in [1.54, 1.807) is 24.3 Å². The van der Waals surface area contributed by atoms with Crippen molar-refractivity contribution in [2.24, 2.45) is 0 Å². The number of ether oxygens (including phenoxy) is 1. The molecule has 7 nitrogen and oxygen atoms in total. The number of methoxy groups -OCH3 is 1. The molecular weight excluding hydrogens is 318 g/mol. The highest BCUT2D eigenvalue weighted by Gasteiger charge is 2.19. The minimum absolute atomic E-state index is 0.0261. The fourth-order valence-electron chi connectivity index (χ4n) is 2.17. The number of nitrogens with zero attached hydrogens (tertiary/aromatic N) is 3. The highest BCUT2D eigenvalue weighted by molar-refractivity contribution is 7.89. The lowest BCUT2D eigenvalue weighted by Crippen LogP contribution is -2.15. The van der Waals surface area contributed by atoms with Crippen LogP contribution in [0.5, 0.6) is 0 Å². The van der Waals surface area contributed by atoms with E-state index in [2.05, 4.69) is 14.7 Å². The topological polar surface area (TPSA) is 91.1 Å². The van der Waals surface area contributed by atoms with Gasteiger partial charge < -0.3 is 4.74 Å². The maximum absolute atomic E-state index is 12.6. The summed E-state index contributed by atoms with van der Waals surface area (Å²) in [7, 11) is -2.40. The maximum Gasteiger partial charge on any atom is 0.358 e. The zero-order valence-corrected chi connectivity index (χ0v) is 13.0. The van der Waals surface area contributed by atoms with Gasteiger partial charge in [-0.05, 0) is 11.6 Å². The molecule has 0 aliphatic rings. The van der Waals surface area contributed by atoms with Crippen molar-refractivity contribution in [1.82, 2.24) is 13.9 Å². The minimum atomic E-state index is -3.64. The second-order valence-electron chi connectivity index (χ2n) is 4.81. The van der Waals surface area contributed by atoms with Gasteiger partial charge in [0.15, 0.2) is 11.3 Å². The maximum atomic E-state index is 12.6. The molecule has 0 spiro atoms. The molecule has 0 radical (unpaired) electrons. The molecule has 8 heteroatoms. The summed E-state index contributed by atoms with van der Waals surface area (Å²) in [4.78, 5) is 19.6. The van der Waals surface area contributed by atoms with Crippen LogP contribution in [0.15, 0.2) is 48.8 Å². The van der Waals surface area contributed by atoms with Crippen molar-refractivity contribution in [2.45, 2.75) is 5.75 Å². The predicted molar refractivity (Wildman–Crippen MR) is 83.3 cm³/mol. The Labute approximate surface area is 132 Å². The molecule has 118 valence electrons. The molecule has 2 aromatic heterocycles. The van der Waals surface area contributed by atoms with E-state index < -0.39 is 16.0 Å². The summed E-state index contributed by atoms with van der Waals surface area (Å²) in [5.41, 5.74) is 1.19. The number of esters is 1. The molecule has 0 bridgehead atoms. The van der Waals surface area contributed by atoms with E-state index in [0.717, 1.165) is 3.97 Å². The third kappa shape index (κ3) is 2.93. The lowest BCUT2D eigenvalue weighted by atomic mass is 10.2. The summed E-state index contributed by atoms with van der Waals surface area (Å²) in [6.07, 6.45) is 2.58. The number of rotatable bonds is 4. The number of hydrogen-bond acceptors (Lipinski definition) is 6. The summed E-state index contributed by atoms with van der Waals surface area (Å²) in [5.74, 6) is -0.780. The van der Waals surface area contributed by atoms with Crippen molar-refractivity contribution >= 4 is 27.2 Å². The van der Waals surface area contributed by atoms with E-state index in [9.17, 15) is 13.2 Å². The van der Waals surface area contributed by atoms with Crippen LogP contribution in [-0.4, -0.2) is 35.4 Å². The van der Waals surface area contributed by atoms with E-state index in [0.29, 0.717) is 11.1 Å². The summed E-state index contributed by atoms with van der Waals surface area (Å²) >= 11 is 0. The fourth-order valence-corrected chi connectivity index (χ4v) is 3.57. The Bertz CT molecular complexity index is 965. The van der Waals surface area contributed by atoms with Crippen LogP contribution in [0.1, 0.15) is 16.1 Å². The van der Waals surface area contributed by atoms with Crippen LogP contribution in [0.3, 0.4) is 0 Å². The Morgan fingerprint density at radius 3 is 2.65 bits per heavy atom. The van der Waals surface area contributed by atoms with Gasteiger partial charge in [0.25, 0.3) is 0 Å². The van der Waals surface area contributed by atoms with Gasteiger partial charge in [0, 0.05) is 6.20 Å². The average Bonchev–Trinajstić information content (AvgIpc) is 2.98. The van der Waals surface area contributed by atoms with Gasteiger partial charge in [-0.2, -0.15) is 0 Å². The van der Waals surface area contributed by atoms with Crippen LogP contribution in [0.2, 0.25) is 0 Å². The van der Waals surface area contributed by atoms with Crippen molar-refractivity contribution in [2.75, 3.05) is 7.11 Å². The van der Waals surface area contributed by atoms with Crippen molar-refractivity contribution in [3.05, 3.63) is 60.0 Å². The molecule has 23 heavy (non-hydrogen) atoms. The lowest BCUT2D eigenvalue weighted by molar-refractivity contribution is 0.0594. The van der Waals surface area contributed by atoms with Gasteiger partial charge in [-0.25, -0.2) is 27.2 Å². The van der Waals surface area contributed by atoms with Crippen molar-refractivity contribution in [3.63, 3.8) is 0 Å². The third-order valence-corrected chi connectivity index (χ3v) is 4.83. The first-order valence-electron chi connectivity index (χ1n) is 6.71. The summed E-state index contributed by atoms with van der Waals surface area (Å²) in [5, 5.41) is 0. The molecule has 3 aromatic rings. The molecule has 0 fully saturated rings. The Balaban J connectivity index is 2.01. The van der Waals surface area contributed by atoms with Gasteiger partial charge in [-0.15, -0.1) is 0 Å². The molecular formula is C15H13N3O4S. The number of carbonyl (C=O) groups excluding carboxylic acids is 1. The summed E-state index contributed by atoms with van der Waals surface area (Å²) in [6.45, 7) is 0. The van der Waals surface area contributed by atoms with E-state index in [4.69, 9.17) is 0 Å². The van der Waals surface area contributed by atoms with E-state index in [1.165, 1.54) is 25.6 Å². The molecule has 0 unspecified atom stereocenters. The molecule has 0 aliphatic heterocycles. The number of carbonyl (C=O) groups is 1. The Morgan fingerprint density at radius 2 is 1.96 bits per heavy atom. The Morgan fingerprint density at radius 1 is 1.22 bits per heavy atom. The molecule has 3 rings (SSSR count). The second-order valence-corrected chi connectivity index (χ2v) is 6.65. The molecule has 0 N–H and O–H groups in total. The van der Waals surface area contributed by atoms with Crippen LogP contribution in [0, 0.1) is 0 Å². The Hall–Kier alpha value is -2.74. The number of aromatic nitrogens is 3. The first-order chi connectivity index (χ1) is 11.0. The van der Waals surface area contributed by atoms with Gasteiger partial charge >= 0.3 is 5.97 Å². The van der Waals surface area contributed by atoms with Crippen LogP contribution in [0.25, 0.3) is 11.2 Å². The normalized spacial score (nSPS) is 11.5. The van der Waals surface area contributed by atoms with Gasteiger partial charge in [0.05, 0.1) is 19.1 Å². The zero-order chi connectivity index (χ0) is 16.4. The van der Waals surface area contributed by atoms with Crippen LogP contribution in [0.4, 0.5) is 0 Å².